The molecule has 0 radical (unpaired) electrons. The molecular weight excluding hydrogens is 388 g/mol. The number of amides is 1. The molecule has 0 bridgehead atoms. The van der Waals surface area contributed by atoms with E-state index in [1.54, 1.807) is 7.11 Å². The Kier molecular flexibility index (Phi) is 4.40. The molecule has 150 valence electrons. The van der Waals surface area contributed by atoms with Crippen LogP contribution >= 0.6 is 11.3 Å². The number of imidazole rings is 1. The third-order valence-electron chi connectivity index (χ3n) is 5.72. The number of nitrogens with zero attached hydrogens (tertiary/aromatic N) is 4. The number of rotatable bonds is 3. The summed E-state index contributed by atoms with van der Waals surface area (Å²) in [6, 6.07) is 7.99. The Morgan fingerprint density at radius 2 is 2.10 bits per heavy atom. The number of hydrogen-bond donors (Lipinski definition) is 0. The van der Waals surface area contributed by atoms with Crippen molar-refractivity contribution in [2.75, 3.05) is 20.2 Å². The van der Waals surface area contributed by atoms with Gasteiger partial charge in [-0.25, -0.2) is 9.97 Å². The zero-order chi connectivity index (χ0) is 20.0. The summed E-state index contributed by atoms with van der Waals surface area (Å²) in [6.45, 7) is 4.30. The number of carbonyl (C=O) groups is 1. The molecule has 8 heteroatoms. The molecule has 2 aliphatic rings. The van der Waals surface area contributed by atoms with Gasteiger partial charge in [-0.2, -0.15) is 0 Å². The lowest BCUT2D eigenvalue weighted by molar-refractivity contribution is -0.0804. The van der Waals surface area contributed by atoms with Crippen LogP contribution in [0, 0.1) is 6.92 Å². The number of fused-ring (bicyclic) bond motifs is 1. The van der Waals surface area contributed by atoms with Crippen molar-refractivity contribution in [3.05, 3.63) is 52.4 Å². The van der Waals surface area contributed by atoms with Crippen LogP contribution in [0.2, 0.25) is 0 Å². The molecule has 0 N–H and O–H groups in total. The van der Waals surface area contributed by atoms with Crippen molar-refractivity contribution in [1.29, 1.82) is 0 Å². The van der Waals surface area contributed by atoms with E-state index in [2.05, 4.69) is 14.5 Å². The van der Waals surface area contributed by atoms with Crippen LogP contribution in [0.4, 0.5) is 0 Å². The summed E-state index contributed by atoms with van der Waals surface area (Å²) in [5, 5.41) is 2.74. The summed E-state index contributed by atoms with van der Waals surface area (Å²) in [4.78, 5) is 23.6. The summed E-state index contributed by atoms with van der Waals surface area (Å²) in [7, 11) is 1.66. The molecule has 2 aliphatic heterocycles. The fraction of sp³-hybridized carbons (Fsp3) is 0.381. The molecule has 7 nitrogen and oxygen atoms in total. The molecule has 1 atom stereocenters. The summed E-state index contributed by atoms with van der Waals surface area (Å²) < 4.78 is 13.7. The molecule has 0 aliphatic carbocycles. The highest BCUT2D eigenvalue weighted by Crippen LogP contribution is 2.36. The van der Waals surface area contributed by atoms with E-state index in [4.69, 9.17) is 9.47 Å². The predicted octanol–water partition coefficient (Wildman–Crippen LogP) is 3.14. The number of methoxy groups -OCH3 is 1. The van der Waals surface area contributed by atoms with E-state index >= 15 is 0 Å². The van der Waals surface area contributed by atoms with Crippen molar-refractivity contribution in [2.24, 2.45) is 0 Å². The zero-order valence-corrected chi connectivity index (χ0v) is 17.2. The number of thiazole rings is 1. The number of aryl methyl sites for hydroxylation is 1. The predicted molar refractivity (Wildman–Crippen MR) is 109 cm³/mol. The summed E-state index contributed by atoms with van der Waals surface area (Å²) in [5.41, 5.74) is 2.30. The molecule has 1 spiro atoms. The maximum absolute atomic E-state index is 12.8. The first-order valence-electron chi connectivity index (χ1n) is 9.61. The van der Waals surface area contributed by atoms with Gasteiger partial charge in [0, 0.05) is 17.5 Å². The van der Waals surface area contributed by atoms with Crippen molar-refractivity contribution in [3.63, 3.8) is 0 Å². The van der Waals surface area contributed by atoms with Crippen molar-refractivity contribution in [2.45, 2.75) is 32.1 Å². The van der Waals surface area contributed by atoms with Gasteiger partial charge in [-0.05, 0) is 37.6 Å². The first-order valence-corrected chi connectivity index (χ1v) is 10.5. The van der Waals surface area contributed by atoms with Crippen LogP contribution < -0.4 is 4.74 Å². The summed E-state index contributed by atoms with van der Waals surface area (Å²) >= 11 is 1.50. The minimum Gasteiger partial charge on any atom is -0.497 e. The smallest absolute Gasteiger partial charge is 0.273 e. The monoisotopic (exact) mass is 410 g/mol. The SMILES string of the molecule is COc1ccc(-c2cnc3n2C[C@@]2(CCN(C(=O)c4csc(C)n4)C2)OC3)cc1. The number of likely N-dealkylation sites (tertiary alicyclic amines) is 1. The van der Waals surface area contributed by atoms with Crippen molar-refractivity contribution >= 4 is 17.2 Å². The van der Waals surface area contributed by atoms with Gasteiger partial charge in [0.05, 0.1) is 37.1 Å². The summed E-state index contributed by atoms with van der Waals surface area (Å²) in [5.74, 6) is 1.73. The minimum atomic E-state index is -0.379. The van der Waals surface area contributed by atoms with Gasteiger partial charge in [0.2, 0.25) is 0 Å². The van der Waals surface area contributed by atoms with E-state index < -0.39 is 0 Å². The second kappa shape index (κ2) is 6.96. The van der Waals surface area contributed by atoms with Crippen LogP contribution in [0.15, 0.2) is 35.8 Å². The lowest BCUT2D eigenvalue weighted by Gasteiger charge is -2.35. The first-order chi connectivity index (χ1) is 14.1. The van der Waals surface area contributed by atoms with Crippen LogP contribution in [0.25, 0.3) is 11.3 Å². The lowest BCUT2D eigenvalue weighted by Crippen LogP contribution is -2.45. The van der Waals surface area contributed by atoms with Gasteiger partial charge in [0.1, 0.15) is 29.5 Å². The Labute approximate surface area is 172 Å². The number of aromatic nitrogens is 3. The van der Waals surface area contributed by atoms with Crippen molar-refractivity contribution < 1.29 is 14.3 Å². The number of ether oxygens (including phenoxy) is 2. The van der Waals surface area contributed by atoms with E-state index in [-0.39, 0.29) is 11.5 Å². The first kappa shape index (κ1) is 18.3. The molecule has 4 heterocycles. The van der Waals surface area contributed by atoms with E-state index in [9.17, 15) is 4.79 Å². The Bertz CT molecular complexity index is 1060. The van der Waals surface area contributed by atoms with Gasteiger partial charge in [-0.15, -0.1) is 11.3 Å². The summed E-state index contributed by atoms with van der Waals surface area (Å²) in [6.07, 6.45) is 2.71. The van der Waals surface area contributed by atoms with Gasteiger partial charge in [-0.3, -0.25) is 4.79 Å². The highest BCUT2D eigenvalue weighted by atomic mass is 32.1. The Morgan fingerprint density at radius 1 is 1.28 bits per heavy atom. The number of benzene rings is 1. The largest absolute Gasteiger partial charge is 0.497 e. The van der Waals surface area contributed by atoms with Crippen LogP contribution in [-0.4, -0.2) is 51.1 Å². The molecule has 29 heavy (non-hydrogen) atoms. The van der Waals surface area contributed by atoms with E-state index in [0.717, 1.165) is 34.3 Å². The van der Waals surface area contributed by atoms with Gasteiger partial charge in [0.15, 0.2) is 0 Å². The number of hydrogen-bond acceptors (Lipinski definition) is 6. The van der Waals surface area contributed by atoms with E-state index in [1.165, 1.54) is 11.3 Å². The van der Waals surface area contributed by atoms with E-state index in [0.29, 0.717) is 31.9 Å². The Balaban J connectivity index is 1.38. The minimum absolute atomic E-state index is 0.0124. The second-order valence-corrected chi connectivity index (χ2v) is 8.64. The van der Waals surface area contributed by atoms with Gasteiger partial charge in [-0.1, -0.05) is 0 Å². The maximum Gasteiger partial charge on any atom is 0.273 e. The Hall–Kier alpha value is -2.71. The average Bonchev–Trinajstić information content (AvgIpc) is 3.46. The quantitative estimate of drug-likeness (QED) is 0.664. The fourth-order valence-electron chi connectivity index (χ4n) is 4.14. The average molecular weight is 410 g/mol. The zero-order valence-electron chi connectivity index (χ0n) is 16.4. The molecule has 3 aromatic rings. The van der Waals surface area contributed by atoms with E-state index in [1.807, 2.05) is 47.7 Å². The standard InChI is InChI=1S/C21H22N4O3S/c1-14-23-17(11-29-14)20(26)24-8-7-21(12-24)13-25-18(9-22-19(25)10-28-21)15-3-5-16(27-2)6-4-15/h3-6,9,11H,7-8,10,12-13H2,1-2H3/t21-/m0/s1. The molecule has 5 rings (SSSR count). The third kappa shape index (κ3) is 3.22. The molecule has 1 saturated heterocycles. The third-order valence-corrected chi connectivity index (χ3v) is 6.49. The molecule has 0 saturated carbocycles. The fourth-order valence-corrected chi connectivity index (χ4v) is 4.72. The molecule has 2 aromatic heterocycles. The van der Waals surface area contributed by atoms with Gasteiger partial charge < -0.3 is 18.9 Å². The van der Waals surface area contributed by atoms with Crippen LogP contribution in [0.1, 0.15) is 27.7 Å². The molecular formula is C21H22N4O3S. The molecule has 0 unspecified atom stereocenters. The van der Waals surface area contributed by atoms with Crippen molar-refractivity contribution in [3.8, 4) is 17.0 Å². The van der Waals surface area contributed by atoms with Crippen molar-refractivity contribution in [1.82, 2.24) is 19.4 Å². The molecule has 1 aromatic carbocycles. The Morgan fingerprint density at radius 3 is 2.83 bits per heavy atom. The molecule has 1 fully saturated rings. The lowest BCUT2D eigenvalue weighted by atomic mass is 10.0. The maximum atomic E-state index is 12.8. The van der Waals surface area contributed by atoms with Gasteiger partial charge in [0.25, 0.3) is 5.91 Å². The van der Waals surface area contributed by atoms with Crippen LogP contribution in [0.5, 0.6) is 5.75 Å². The number of carbonyl (C=O) groups excluding carboxylic acids is 1. The topological polar surface area (TPSA) is 69.5 Å². The normalized spacial score (nSPS) is 20.8. The van der Waals surface area contributed by atoms with Crippen LogP contribution in [-0.2, 0) is 17.9 Å². The second-order valence-electron chi connectivity index (χ2n) is 7.57. The highest BCUT2D eigenvalue weighted by Gasteiger charge is 2.45. The van der Waals surface area contributed by atoms with Gasteiger partial charge >= 0.3 is 0 Å². The van der Waals surface area contributed by atoms with Crippen LogP contribution in [0.3, 0.4) is 0 Å². The highest BCUT2D eigenvalue weighted by molar-refractivity contribution is 7.09. The molecule has 1 amide bonds.